The SMILES string of the molecule is CC(C)N(CCCO)C1CCC(O)CC1. The Hall–Kier alpha value is -0.120. The molecule has 0 aromatic carbocycles. The first-order chi connectivity index (χ1) is 7.15. The van der Waals surface area contributed by atoms with Gasteiger partial charge in [0.15, 0.2) is 0 Å². The van der Waals surface area contributed by atoms with Crippen LogP contribution in [-0.4, -0.2) is 46.5 Å². The van der Waals surface area contributed by atoms with E-state index in [9.17, 15) is 5.11 Å². The van der Waals surface area contributed by atoms with Gasteiger partial charge in [-0.3, -0.25) is 4.90 Å². The lowest BCUT2D eigenvalue weighted by molar-refractivity contribution is 0.0558. The van der Waals surface area contributed by atoms with Gasteiger partial charge in [-0.1, -0.05) is 0 Å². The van der Waals surface area contributed by atoms with Crippen LogP contribution in [-0.2, 0) is 0 Å². The van der Waals surface area contributed by atoms with E-state index in [4.69, 9.17) is 5.11 Å². The summed E-state index contributed by atoms with van der Waals surface area (Å²) >= 11 is 0. The third-order valence-corrected chi connectivity index (χ3v) is 3.37. The van der Waals surface area contributed by atoms with Crippen molar-refractivity contribution in [1.29, 1.82) is 0 Å². The van der Waals surface area contributed by atoms with Crippen molar-refractivity contribution in [2.45, 2.75) is 64.1 Å². The van der Waals surface area contributed by atoms with Crippen LogP contribution in [0.1, 0.15) is 46.0 Å². The van der Waals surface area contributed by atoms with Crippen LogP contribution in [0.2, 0.25) is 0 Å². The van der Waals surface area contributed by atoms with Gasteiger partial charge in [-0.2, -0.15) is 0 Å². The van der Waals surface area contributed by atoms with Crippen molar-refractivity contribution in [2.75, 3.05) is 13.2 Å². The molecule has 15 heavy (non-hydrogen) atoms. The summed E-state index contributed by atoms with van der Waals surface area (Å²) in [6, 6.07) is 1.15. The Morgan fingerprint density at radius 3 is 2.27 bits per heavy atom. The van der Waals surface area contributed by atoms with Gasteiger partial charge in [0.1, 0.15) is 0 Å². The minimum absolute atomic E-state index is 0.0758. The van der Waals surface area contributed by atoms with Gasteiger partial charge in [0.05, 0.1) is 6.10 Å². The Kier molecular flexibility index (Phi) is 5.58. The number of aliphatic hydroxyl groups excluding tert-OH is 2. The molecule has 0 aliphatic heterocycles. The molecule has 0 saturated heterocycles. The number of rotatable bonds is 5. The second-order valence-corrected chi connectivity index (χ2v) is 4.87. The fourth-order valence-corrected chi connectivity index (χ4v) is 2.51. The Balaban J connectivity index is 2.41. The molecule has 90 valence electrons. The highest BCUT2D eigenvalue weighted by Crippen LogP contribution is 2.24. The van der Waals surface area contributed by atoms with Crippen LogP contribution in [0.5, 0.6) is 0 Å². The Labute approximate surface area is 93.1 Å². The zero-order valence-electron chi connectivity index (χ0n) is 10.0. The fraction of sp³-hybridized carbons (Fsp3) is 1.00. The van der Waals surface area contributed by atoms with E-state index in [1.165, 1.54) is 0 Å². The molecule has 0 amide bonds. The van der Waals surface area contributed by atoms with Crippen LogP contribution < -0.4 is 0 Å². The summed E-state index contributed by atoms with van der Waals surface area (Å²) in [6.07, 6.45) is 4.86. The summed E-state index contributed by atoms with van der Waals surface area (Å²) in [5, 5.41) is 18.3. The van der Waals surface area contributed by atoms with Crippen LogP contribution in [0.15, 0.2) is 0 Å². The number of nitrogens with zero attached hydrogens (tertiary/aromatic N) is 1. The summed E-state index contributed by atoms with van der Waals surface area (Å²) in [5.74, 6) is 0. The molecule has 3 heteroatoms. The zero-order valence-corrected chi connectivity index (χ0v) is 10.0. The quantitative estimate of drug-likeness (QED) is 0.728. The smallest absolute Gasteiger partial charge is 0.0541 e. The predicted molar refractivity (Wildman–Crippen MR) is 61.8 cm³/mol. The van der Waals surface area contributed by atoms with Gasteiger partial charge in [-0.25, -0.2) is 0 Å². The van der Waals surface area contributed by atoms with Crippen molar-refractivity contribution < 1.29 is 10.2 Å². The van der Waals surface area contributed by atoms with Gasteiger partial charge < -0.3 is 10.2 Å². The second kappa shape index (κ2) is 6.46. The maximum atomic E-state index is 9.46. The minimum atomic E-state index is -0.0758. The van der Waals surface area contributed by atoms with E-state index in [0.717, 1.165) is 38.6 Å². The number of aliphatic hydroxyl groups is 2. The van der Waals surface area contributed by atoms with E-state index < -0.39 is 0 Å². The van der Waals surface area contributed by atoms with E-state index >= 15 is 0 Å². The van der Waals surface area contributed by atoms with E-state index in [2.05, 4.69) is 18.7 Å². The molecular formula is C12H25NO2. The summed E-state index contributed by atoms with van der Waals surface area (Å²) in [6.45, 7) is 5.68. The molecule has 2 N–H and O–H groups in total. The second-order valence-electron chi connectivity index (χ2n) is 4.87. The Morgan fingerprint density at radius 1 is 1.20 bits per heavy atom. The average Bonchev–Trinajstić information content (AvgIpc) is 2.21. The Morgan fingerprint density at radius 2 is 1.80 bits per heavy atom. The van der Waals surface area contributed by atoms with Crippen molar-refractivity contribution in [2.24, 2.45) is 0 Å². The standard InChI is InChI=1S/C12H25NO2/c1-10(2)13(8-3-9-14)11-4-6-12(15)7-5-11/h10-12,14-15H,3-9H2,1-2H3. The topological polar surface area (TPSA) is 43.7 Å². The Bertz CT molecular complexity index is 165. The zero-order chi connectivity index (χ0) is 11.3. The van der Waals surface area contributed by atoms with Gasteiger partial charge in [-0.15, -0.1) is 0 Å². The summed E-state index contributed by atoms with van der Waals surface area (Å²) in [7, 11) is 0. The first-order valence-electron chi connectivity index (χ1n) is 6.19. The molecule has 1 aliphatic carbocycles. The van der Waals surface area contributed by atoms with Gasteiger partial charge in [0, 0.05) is 25.2 Å². The third kappa shape index (κ3) is 4.09. The molecule has 0 aromatic rings. The molecule has 0 unspecified atom stereocenters. The van der Waals surface area contributed by atoms with Gasteiger partial charge in [0.25, 0.3) is 0 Å². The van der Waals surface area contributed by atoms with E-state index in [-0.39, 0.29) is 12.7 Å². The van der Waals surface area contributed by atoms with Crippen LogP contribution in [0.4, 0.5) is 0 Å². The lowest BCUT2D eigenvalue weighted by Gasteiger charge is -2.38. The maximum absolute atomic E-state index is 9.46. The minimum Gasteiger partial charge on any atom is -0.396 e. The van der Waals surface area contributed by atoms with Crippen LogP contribution in [0.3, 0.4) is 0 Å². The molecule has 0 radical (unpaired) electrons. The summed E-state index contributed by atoms with van der Waals surface area (Å²) in [5.41, 5.74) is 0. The molecule has 0 spiro atoms. The van der Waals surface area contributed by atoms with Crippen LogP contribution >= 0.6 is 0 Å². The monoisotopic (exact) mass is 215 g/mol. The highest BCUT2D eigenvalue weighted by Gasteiger charge is 2.25. The fourth-order valence-electron chi connectivity index (χ4n) is 2.51. The highest BCUT2D eigenvalue weighted by molar-refractivity contribution is 4.81. The van der Waals surface area contributed by atoms with Crippen LogP contribution in [0, 0.1) is 0 Å². The van der Waals surface area contributed by atoms with Crippen molar-refractivity contribution in [3.8, 4) is 0 Å². The number of hydrogen-bond acceptors (Lipinski definition) is 3. The first kappa shape index (κ1) is 12.9. The normalized spacial score (nSPS) is 27.6. The lowest BCUT2D eigenvalue weighted by atomic mass is 9.91. The van der Waals surface area contributed by atoms with E-state index in [0.29, 0.717) is 12.1 Å². The molecular weight excluding hydrogens is 190 g/mol. The summed E-state index contributed by atoms with van der Waals surface area (Å²) < 4.78 is 0. The molecule has 0 aromatic heterocycles. The van der Waals surface area contributed by atoms with Gasteiger partial charge in [-0.05, 0) is 46.0 Å². The highest BCUT2D eigenvalue weighted by atomic mass is 16.3. The number of hydrogen-bond donors (Lipinski definition) is 2. The molecule has 0 atom stereocenters. The molecule has 0 bridgehead atoms. The van der Waals surface area contributed by atoms with Gasteiger partial charge in [0.2, 0.25) is 0 Å². The largest absolute Gasteiger partial charge is 0.396 e. The van der Waals surface area contributed by atoms with Crippen LogP contribution in [0.25, 0.3) is 0 Å². The third-order valence-electron chi connectivity index (χ3n) is 3.37. The molecule has 1 fully saturated rings. The first-order valence-corrected chi connectivity index (χ1v) is 6.19. The van der Waals surface area contributed by atoms with E-state index in [1.807, 2.05) is 0 Å². The molecule has 1 aliphatic rings. The average molecular weight is 215 g/mol. The molecule has 1 rings (SSSR count). The maximum Gasteiger partial charge on any atom is 0.0541 e. The van der Waals surface area contributed by atoms with Crippen molar-refractivity contribution >= 4 is 0 Å². The van der Waals surface area contributed by atoms with E-state index in [1.54, 1.807) is 0 Å². The lowest BCUT2D eigenvalue weighted by Crippen LogP contribution is -2.43. The van der Waals surface area contributed by atoms with Gasteiger partial charge >= 0.3 is 0 Å². The van der Waals surface area contributed by atoms with Crippen molar-refractivity contribution in [1.82, 2.24) is 4.90 Å². The molecule has 1 saturated carbocycles. The molecule has 0 heterocycles. The predicted octanol–water partition coefficient (Wildman–Crippen LogP) is 1.38. The summed E-state index contributed by atoms with van der Waals surface area (Å²) in [4.78, 5) is 2.47. The van der Waals surface area contributed by atoms with Crippen molar-refractivity contribution in [3.63, 3.8) is 0 Å². The molecule has 3 nitrogen and oxygen atoms in total. The van der Waals surface area contributed by atoms with Crippen molar-refractivity contribution in [3.05, 3.63) is 0 Å².